The summed E-state index contributed by atoms with van der Waals surface area (Å²) < 4.78 is 2.58. The second-order valence-electron chi connectivity index (χ2n) is 15.6. The van der Waals surface area contributed by atoms with Crippen LogP contribution in [-0.2, 0) is 20.1 Å². The van der Waals surface area contributed by atoms with Crippen LogP contribution in [0.25, 0.3) is 53.8 Å². The van der Waals surface area contributed by atoms with Crippen LogP contribution in [0.15, 0.2) is 103 Å². The van der Waals surface area contributed by atoms with Crippen LogP contribution in [0.5, 0.6) is 0 Å². The van der Waals surface area contributed by atoms with E-state index in [9.17, 15) is 0 Å². The molecule has 0 amide bonds. The number of hydrogen-bond donors (Lipinski definition) is 0. The van der Waals surface area contributed by atoms with E-state index in [1.807, 2.05) is 41.8 Å². The van der Waals surface area contributed by atoms with Crippen molar-refractivity contribution in [1.82, 2.24) is 9.97 Å². The van der Waals surface area contributed by atoms with Crippen molar-refractivity contribution in [2.24, 2.45) is 5.92 Å². The first-order chi connectivity index (χ1) is 24.3. The smallest absolute Gasteiger partial charge is 0.0799 e. The van der Waals surface area contributed by atoms with Gasteiger partial charge in [-0.1, -0.05) is 124 Å². The fourth-order valence-corrected chi connectivity index (χ4v) is 9.71. The number of fused-ring (bicyclic) bond motifs is 3. The molecule has 0 spiro atoms. The predicted molar refractivity (Wildman–Crippen MR) is 225 cm³/mol. The molecular weight excluding hydrogens is 845 g/mol. The molecule has 0 saturated heterocycles. The summed E-state index contributed by atoms with van der Waals surface area (Å²) in [6.07, 6.45) is 4.04. The number of hydrogen-bond acceptors (Lipinski definition) is 3. The van der Waals surface area contributed by atoms with Gasteiger partial charge in [-0.15, -0.1) is 59.7 Å². The van der Waals surface area contributed by atoms with Gasteiger partial charge in [0.05, 0.1) is 8.07 Å². The number of benzene rings is 4. The van der Waals surface area contributed by atoms with Crippen LogP contribution >= 0.6 is 11.3 Å². The van der Waals surface area contributed by atoms with Crippen LogP contribution in [0.3, 0.4) is 0 Å². The van der Waals surface area contributed by atoms with Gasteiger partial charge in [0, 0.05) is 37.2 Å². The molecule has 0 saturated carbocycles. The zero-order valence-corrected chi connectivity index (χ0v) is 36.4. The van der Waals surface area contributed by atoms with Gasteiger partial charge in [0.25, 0.3) is 0 Å². The van der Waals surface area contributed by atoms with E-state index >= 15 is 0 Å². The molecule has 7 aromatic rings. The van der Waals surface area contributed by atoms with Gasteiger partial charge in [-0.3, -0.25) is 0 Å². The molecule has 3 heterocycles. The molecule has 269 valence electrons. The quantitative estimate of drug-likeness (QED) is 0.118. The predicted octanol–water partition coefficient (Wildman–Crippen LogP) is 13.2. The van der Waals surface area contributed by atoms with E-state index in [4.69, 9.17) is 4.98 Å². The molecular formula is C47H50IrN2SSi-2. The van der Waals surface area contributed by atoms with Crippen molar-refractivity contribution in [2.75, 3.05) is 0 Å². The summed E-state index contributed by atoms with van der Waals surface area (Å²) in [7, 11) is -1.34. The average molecular weight is 895 g/mol. The third kappa shape index (κ3) is 8.72. The number of nitrogens with zero attached hydrogens (tertiary/aromatic N) is 2. The van der Waals surface area contributed by atoms with E-state index in [1.54, 1.807) is 0 Å². The molecule has 0 N–H and O–H groups in total. The minimum Gasteiger partial charge on any atom is -0.305 e. The summed E-state index contributed by atoms with van der Waals surface area (Å²) >= 11 is 1.85. The van der Waals surface area contributed by atoms with Crippen molar-refractivity contribution in [1.29, 1.82) is 0 Å². The van der Waals surface area contributed by atoms with E-state index in [1.165, 1.54) is 58.7 Å². The molecule has 0 bridgehead atoms. The minimum atomic E-state index is -1.34. The van der Waals surface area contributed by atoms with Crippen molar-refractivity contribution < 1.29 is 20.1 Å². The zero-order valence-electron chi connectivity index (χ0n) is 32.2. The van der Waals surface area contributed by atoms with Crippen LogP contribution in [0, 0.1) is 31.9 Å². The normalized spacial score (nSPS) is 12.2. The minimum absolute atomic E-state index is 0. The zero-order chi connectivity index (χ0) is 36.4. The Kier molecular flexibility index (Phi) is 12.5. The maximum atomic E-state index is 4.73. The van der Waals surface area contributed by atoms with Gasteiger partial charge in [-0.25, -0.2) is 0 Å². The van der Waals surface area contributed by atoms with E-state index in [0.29, 0.717) is 17.8 Å². The van der Waals surface area contributed by atoms with Gasteiger partial charge >= 0.3 is 0 Å². The molecule has 1 atom stereocenters. The van der Waals surface area contributed by atoms with E-state index in [2.05, 4.69) is 158 Å². The Labute approximate surface area is 330 Å². The summed E-state index contributed by atoms with van der Waals surface area (Å²) in [6, 6.07) is 39.3. The molecule has 7 rings (SSSR count). The Balaban J connectivity index is 0.000000225. The van der Waals surface area contributed by atoms with Crippen LogP contribution in [0.2, 0.25) is 19.6 Å². The average Bonchev–Trinajstić information content (AvgIpc) is 3.49. The van der Waals surface area contributed by atoms with E-state index in [-0.39, 0.29) is 20.1 Å². The Morgan fingerprint density at radius 2 is 1.44 bits per heavy atom. The second kappa shape index (κ2) is 16.5. The molecule has 0 aliphatic heterocycles. The molecule has 1 radical (unpaired) electrons. The first-order valence-corrected chi connectivity index (χ1v) is 22.5. The molecule has 0 aliphatic rings. The van der Waals surface area contributed by atoms with E-state index < -0.39 is 8.07 Å². The number of aryl methyl sites for hydroxylation is 2. The summed E-state index contributed by atoms with van der Waals surface area (Å²) in [6.45, 7) is 22.8. The third-order valence-corrected chi connectivity index (χ3v) is 13.1. The SMILES string of the molecule is CC(C)c1cc(-c2[c-]cccc2)ncc1[Si](C)(C)C.Cc1cc(C)cc(-c2ccc3c(c2)sc2c(-c4cc(C(C)C(C)C)ccn4)[c-]ccc23)c1.[Ir]. The molecule has 5 heteroatoms. The molecule has 52 heavy (non-hydrogen) atoms. The summed E-state index contributed by atoms with van der Waals surface area (Å²) in [5.41, 5.74) is 12.2. The second-order valence-corrected chi connectivity index (χ2v) is 21.7. The van der Waals surface area contributed by atoms with Crippen LogP contribution in [0.1, 0.15) is 68.7 Å². The molecule has 2 nitrogen and oxygen atoms in total. The Bertz CT molecular complexity index is 2280. The first-order valence-electron chi connectivity index (χ1n) is 18.2. The number of aromatic nitrogens is 2. The first kappa shape index (κ1) is 39.5. The van der Waals surface area contributed by atoms with Crippen molar-refractivity contribution in [2.45, 2.75) is 79.9 Å². The van der Waals surface area contributed by atoms with Gasteiger partial charge in [0.1, 0.15) is 0 Å². The Morgan fingerprint density at radius 1 is 0.692 bits per heavy atom. The maximum Gasteiger partial charge on any atom is 0.0799 e. The number of rotatable bonds is 7. The van der Waals surface area contributed by atoms with Crippen molar-refractivity contribution in [3.63, 3.8) is 0 Å². The van der Waals surface area contributed by atoms with Crippen LogP contribution in [0.4, 0.5) is 0 Å². The van der Waals surface area contributed by atoms with Crippen LogP contribution in [-0.4, -0.2) is 18.0 Å². The van der Waals surface area contributed by atoms with Crippen molar-refractivity contribution in [3.05, 3.63) is 138 Å². The summed E-state index contributed by atoms with van der Waals surface area (Å²) in [4.78, 5) is 9.39. The molecule has 3 aromatic heterocycles. The van der Waals surface area contributed by atoms with E-state index in [0.717, 1.165) is 22.5 Å². The third-order valence-electron chi connectivity index (χ3n) is 9.91. The molecule has 0 aliphatic carbocycles. The summed E-state index contributed by atoms with van der Waals surface area (Å²) in [5, 5.41) is 4.07. The fraction of sp³-hybridized carbons (Fsp3) is 0.277. The van der Waals surface area contributed by atoms with Crippen molar-refractivity contribution in [3.8, 4) is 33.6 Å². The molecule has 1 unspecified atom stereocenters. The van der Waals surface area contributed by atoms with Gasteiger partial charge in [-0.2, -0.15) is 11.3 Å². The largest absolute Gasteiger partial charge is 0.305 e. The number of pyridine rings is 2. The number of thiophene rings is 1. The van der Waals surface area contributed by atoms with Gasteiger partial charge < -0.3 is 9.97 Å². The monoisotopic (exact) mass is 895 g/mol. The summed E-state index contributed by atoms with van der Waals surface area (Å²) in [5.74, 6) is 1.63. The van der Waals surface area contributed by atoms with Crippen LogP contribution < -0.4 is 5.19 Å². The molecule has 4 aromatic carbocycles. The topological polar surface area (TPSA) is 25.8 Å². The standard InChI is InChI=1S/C30H28NS.C17H22NSi.Ir/c1-18(2)21(5)22-11-12-31-28(16-22)27-8-6-7-26-25-10-9-23(17-29(25)32-30(26)27)24-14-19(3)13-20(4)15-24;1-13(2)15-11-16(14-9-7-6-8-10-14)18-12-17(15)19(3,4)5;/h6-7,9-18,21H,1-5H3;6-9,11-13H,1-5H3;/q2*-1;. The van der Waals surface area contributed by atoms with Gasteiger partial charge in [0.15, 0.2) is 0 Å². The Hall–Kier alpha value is -3.73. The van der Waals surface area contributed by atoms with Crippen molar-refractivity contribution >= 4 is 44.8 Å². The fourth-order valence-electron chi connectivity index (χ4n) is 6.78. The maximum absolute atomic E-state index is 4.73. The van der Waals surface area contributed by atoms with Gasteiger partial charge in [-0.05, 0) is 81.5 Å². The van der Waals surface area contributed by atoms with Gasteiger partial charge in [0.2, 0.25) is 0 Å². The Morgan fingerprint density at radius 3 is 2.10 bits per heavy atom. The molecule has 0 fully saturated rings.